The van der Waals surface area contributed by atoms with Gasteiger partial charge in [-0.1, -0.05) is 60.7 Å². The fraction of sp³-hybridized carbons (Fsp3) is 0.294. The number of rotatable bonds is 3. The Hall–Kier alpha value is -1.60. The molecule has 0 unspecified atom stereocenters. The van der Waals surface area contributed by atoms with Crippen molar-refractivity contribution in [3.63, 3.8) is 0 Å². The number of hydrogen-bond donors (Lipinski definition) is 0. The van der Waals surface area contributed by atoms with Crippen molar-refractivity contribution in [3.8, 4) is 0 Å². The number of hydrogen-bond acceptors (Lipinski definition) is 1. The van der Waals surface area contributed by atoms with E-state index in [1.165, 1.54) is 37.1 Å². The Labute approximate surface area is 109 Å². The summed E-state index contributed by atoms with van der Waals surface area (Å²) in [5, 5.41) is 0. The fourth-order valence-electron chi connectivity index (χ4n) is 2.88. The van der Waals surface area contributed by atoms with Gasteiger partial charge < -0.3 is 0 Å². The summed E-state index contributed by atoms with van der Waals surface area (Å²) in [5.74, 6) is 0. The summed E-state index contributed by atoms with van der Waals surface area (Å²) < 4.78 is 0. The SMILES string of the molecule is c1ccc(C(c2ccccc2)N2CCCC2)cc1. The maximum Gasteiger partial charge on any atom is 0.0601 e. The van der Waals surface area contributed by atoms with Gasteiger partial charge in [-0.15, -0.1) is 0 Å². The zero-order chi connectivity index (χ0) is 12.2. The van der Waals surface area contributed by atoms with Crippen molar-refractivity contribution >= 4 is 0 Å². The van der Waals surface area contributed by atoms with E-state index in [0.717, 1.165) is 0 Å². The lowest BCUT2D eigenvalue weighted by atomic mass is 9.97. The summed E-state index contributed by atoms with van der Waals surface area (Å²) in [5.41, 5.74) is 2.82. The van der Waals surface area contributed by atoms with E-state index in [1.54, 1.807) is 0 Å². The highest BCUT2D eigenvalue weighted by Gasteiger charge is 2.24. The third-order valence-corrected chi connectivity index (χ3v) is 3.74. The van der Waals surface area contributed by atoms with Crippen molar-refractivity contribution in [2.45, 2.75) is 18.9 Å². The molecule has 1 nitrogen and oxygen atoms in total. The van der Waals surface area contributed by atoms with Crippen LogP contribution in [0.2, 0.25) is 0 Å². The lowest BCUT2D eigenvalue weighted by Crippen LogP contribution is -2.26. The Kier molecular flexibility index (Phi) is 3.42. The summed E-state index contributed by atoms with van der Waals surface area (Å²) >= 11 is 0. The van der Waals surface area contributed by atoms with Crippen LogP contribution in [0.25, 0.3) is 0 Å². The molecule has 0 spiro atoms. The van der Waals surface area contributed by atoms with E-state index in [9.17, 15) is 0 Å². The molecule has 0 saturated carbocycles. The molecular weight excluding hydrogens is 218 g/mol. The first kappa shape index (κ1) is 11.5. The van der Waals surface area contributed by atoms with Crippen molar-refractivity contribution in [3.05, 3.63) is 71.8 Å². The molecule has 1 aliphatic heterocycles. The fourth-order valence-corrected chi connectivity index (χ4v) is 2.88. The molecule has 18 heavy (non-hydrogen) atoms. The first-order chi connectivity index (χ1) is 8.95. The van der Waals surface area contributed by atoms with Gasteiger partial charge >= 0.3 is 0 Å². The maximum absolute atomic E-state index is 2.60. The van der Waals surface area contributed by atoms with Gasteiger partial charge in [0.1, 0.15) is 0 Å². The molecule has 1 fully saturated rings. The van der Waals surface area contributed by atoms with Crippen LogP contribution in [0.4, 0.5) is 0 Å². The van der Waals surface area contributed by atoms with E-state index in [1.807, 2.05) is 0 Å². The maximum atomic E-state index is 2.60. The second kappa shape index (κ2) is 5.36. The average Bonchev–Trinajstić information content (AvgIpc) is 2.95. The second-order valence-corrected chi connectivity index (χ2v) is 4.97. The molecule has 92 valence electrons. The first-order valence-electron chi connectivity index (χ1n) is 6.79. The lowest BCUT2D eigenvalue weighted by molar-refractivity contribution is 0.281. The molecule has 0 bridgehead atoms. The Bertz CT molecular complexity index is 432. The minimum atomic E-state index is 0.426. The number of likely N-dealkylation sites (tertiary alicyclic amines) is 1. The zero-order valence-electron chi connectivity index (χ0n) is 10.6. The number of benzene rings is 2. The molecule has 0 N–H and O–H groups in total. The number of nitrogens with zero attached hydrogens (tertiary/aromatic N) is 1. The third kappa shape index (κ3) is 2.32. The topological polar surface area (TPSA) is 3.24 Å². The Morgan fingerprint density at radius 2 is 1.11 bits per heavy atom. The van der Waals surface area contributed by atoms with Crippen molar-refractivity contribution in [1.29, 1.82) is 0 Å². The van der Waals surface area contributed by atoms with Gasteiger partial charge in [0.05, 0.1) is 6.04 Å². The van der Waals surface area contributed by atoms with Crippen molar-refractivity contribution in [2.24, 2.45) is 0 Å². The van der Waals surface area contributed by atoms with Crippen LogP contribution in [0.5, 0.6) is 0 Å². The van der Waals surface area contributed by atoms with Gasteiger partial charge in [0.25, 0.3) is 0 Å². The van der Waals surface area contributed by atoms with Crippen molar-refractivity contribution < 1.29 is 0 Å². The highest BCUT2D eigenvalue weighted by atomic mass is 15.2. The largest absolute Gasteiger partial charge is 0.292 e. The standard InChI is InChI=1S/C17H19N/c1-3-9-15(10-4-1)17(18-13-7-8-14-18)16-11-5-2-6-12-16/h1-6,9-12,17H,7-8,13-14H2. The van der Waals surface area contributed by atoms with Crippen LogP contribution in [-0.4, -0.2) is 18.0 Å². The van der Waals surface area contributed by atoms with E-state index in [-0.39, 0.29) is 0 Å². The van der Waals surface area contributed by atoms with Gasteiger partial charge in [-0.3, -0.25) is 4.90 Å². The average molecular weight is 237 g/mol. The van der Waals surface area contributed by atoms with Crippen LogP contribution in [0.3, 0.4) is 0 Å². The molecule has 2 aromatic carbocycles. The molecule has 0 radical (unpaired) electrons. The van der Waals surface area contributed by atoms with Crippen LogP contribution in [-0.2, 0) is 0 Å². The molecule has 2 aromatic rings. The summed E-state index contributed by atoms with van der Waals surface area (Å²) in [6.07, 6.45) is 2.66. The zero-order valence-corrected chi connectivity index (χ0v) is 10.6. The molecule has 1 aliphatic rings. The molecular formula is C17H19N. The van der Waals surface area contributed by atoms with Crippen LogP contribution in [0.1, 0.15) is 30.0 Å². The Morgan fingerprint density at radius 1 is 0.667 bits per heavy atom. The van der Waals surface area contributed by atoms with Gasteiger partial charge in [-0.05, 0) is 37.1 Å². The molecule has 0 atom stereocenters. The van der Waals surface area contributed by atoms with E-state index < -0.39 is 0 Å². The van der Waals surface area contributed by atoms with Gasteiger partial charge in [-0.2, -0.15) is 0 Å². The summed E-state index contributed by atoms with van der Waals surface area (Å²) in [7, 11) is 0. The normalized spacial score (nSPS) is 16.3. The van der Waals surface area contributed by atoms with Crippen molar-refractivity contribution in [1.82, 2.24) is 4.90 Å². The van der Waals surface area contributed by atoms with Crippen LogP contribution in [0, 0.1) is 0 Å². The molecule has 0 aliphatic carbocycles. The van der Waals surface area contributed by atoms with E-state index in [2.05, 4.69) is 65.6 Å². The van der Waals surface area contributed by atoms with E-state index in [4.69, 9.17) is 0 Å². The third-order valence-electron chi connectivity index (χ3n) is 3.74. The van der Waals surface area contributed by atoms with E-state index in [0.29, 0.717) is 6.04 Å². The molecule has 1 saturated heterocycles. The highest BCUT2D eigenvalue weighted by molar-refractivity contribution is 5.31. The van der Waals surface area contributed by atoms with Gasteiger partial charge in [0.2, 0.25) is 0 Å². The minimum absolute atomic E-state index is 0.426. The predicted octanol–water partition coefficient (Wildman–Crippen LogP) is 3.87. The van der Waals surface area contributed by atoms with E-state index >= 15 is 0 Å². The monoisotopic (exact) mass is 237 g/mol. The predicted molar refractivity (Wildman–Crippen MR) is 75.5 cm³/mol. The quantitative estimate of drug-likeness (QED) is 0.783. The molecule has 3 rings (SSSR count). The Morgan fingerprint density at radius 3 is 1.56 bits per heavy atom. The van der Waals surface area contributed by atoms with Gasteiger partial charge in [-0.25, -0.2) is 0 Å². The summed E-state index contributed by atoms with van der Waals surface area (Å²) in [6, 6.07) is 22.2. The highest BCUT2D eigenvalue weighted by Crippen LogP contribution is 2.31. The molecule has 0 amide bonds. The van der Waals surface area contributed by atoms with Crippen LogP contribution >= 0.6 is 0 Å². The molecule has 1 heteroatoms. The van der Waals surface area contributed by atoms with Crippen LogP contribution in [0.15, 0.2) is 60.7 Å². The molecule has 0 aromatic heterocycles. The Balaban J connectivity index is 1.98. The first-order valence-corrected chi connectivity index (χ1v) is 6.79. The van der Waals surface area contributed by atoms with Gasteiger partial charge in [0.15, 0.2) is 0 Å². The second-order valence-electron chi connectivity index (χ2n) is 4.97. The lowest BCUT2D eigenvalue weighted by Gasteiger charge is -2.28. The van der Waals surface area contributed by atoms with Crippen molar-refractivity contribution in [2.75, 3.05) is 13.1 Å². The van der Waals surface area contributed by atoms with Gasteiger partial charge in [0, 0.05) is 0 Å². The van der Waals surface area contributed by atoms with Crippen LogP contribution < -0.4 is 0 Å². The summed E-state index contributed by atoms with van der Waals surface area (Å²) in [6.45, 7) is 2.43. The molecule has 1 heterocycles. The minimum Gasteiger partial charge on any atom is -0.292 e. The summed E-state index contributed by atoms with van der Waals surface area (Å²) in [4.78, 5) is 2.60. The smallest absolute Gasteiger partial charge is 0.0601 e.